The molecule has 6 heteroatoms. The van der Waals surface area contributed by atoms with Crippen molar-refractivity contribution in [3.05, 3.63) is 0 Å². The summed E-state index contributed by atoms with van der Waals surface area (Å²) >= 11 is 0. The van der Waals surface area contributed by atoms with Gasteiger partial charge in [0.2, 0.25) is 0 Å². The normalized spacial score (nSPS) is 31.1. The van der Waals surface area contributed by atoms with E-state index in [-0.39, 0.29) is 24.7 Å². The van der Waals surface area contributed by atoms with E-state index in [1.165, 1.54) is 0 Å². The van der Waals surface area contributed by atoms with Crippen LogP contribution < -0.4 is 10.6 Å². The SMILES string of the molecule is CCC(CNC(=O)NC1CC2CCC1O2)C(=O)O. The first-order valence-electron chi connectivity index (χ1n) is 6.52. The number of nitrogens with one attached hydrogen (secondary N) is 2. The van der Waals surface area contributed by atoms with Gasteiger partial charge >= 0.3 is 12.0 Å². The molecule has 0 radical (unpaired) electrons. The molecule has 4 atom stereocenters. The van der Waals surface area contributed by atoms with Crippen molar-refractivity contribution < 1.29 is 19.4 Å². The Morgan fingerprint density at radius 2 is 2.22 bits per heavy atom. The van der Waals surface area contributed by atoms with E-state index in [4.69, 9.17) is 9.84 Å². The van der Waals surface area contributed by atoms with E-state index >= 15 is 0 Å². The Morgan fingerprint density at radius 1 is 1.44 bits per heavy atom. The molecule has 2 heterocycles. The van der Waals surface area contributed by atoms with E-state index in [9.17, 15) is 9.59 Å². The molecule has 0 saturated carbocycles. The standard InChI is InChI=1S/C12H20N2O4/c1-2-7(11(15)16)6-13-12(17)14-9-5-8-3-4-10(9)18-8/h7-10H,2-6H2,1H3,(H,15,16)(H2,13,14,17). The maximum atomic E-state index is 11.6. The van der Waals surface area contributed by atoms with Gasteiger partial charge in [-0.2, -0.15) is 0 Å². The molecule has 0 aromatic rings. The lowest BCUT2D eigenvalue weighted by atomic mass is 9.96. The molecular formula is C12H20N2O4. The fourth-order valence-corrected chi connectivity index (χ4v) is 2.63. The number of carboxylic acid groups (broad SMARTS) is 1. The summed E-state index contributed by atoms with van der Waals surface area (Å²) in [6, 6.07) is -0.218. The summed E-state index contributed by atoms with van der Waals surface area (Å²) < 4.78 is 5.63. The number of hydrogen-bond donors (Lipinski definition) is 3. The highest BCUT2D eigenvalue weighted by Gasteiger charge is 2.41. The van der Waals surface area contributed by atoms with Crippen LogP contribution in [0.15, 0.2) is 0 Å². The molecule has 2 aliphatic heterocycles. The third-order valence-corrected chi connectivity index (χ3v) is 3.77. The van der Waals surface area contributed by atoms with Crippen molar-refractivity contribution in [2.75, 3.05) is 6.54 Å². The van der Waals surface area contributed by atoms with Gasteiger partial charge in [0.15, 0.2) is 0 Å². The van der Waals surface area contributed by atoms with Crippen molar-refractivity contribution in [3.8, 4) is 0 Å². The number of urea groups is 1. The van der Waals surface area contributed by atoms with Crippen LogP contribution >= 0.6 is 0 Å². The van der Waals surface area contributed by atoms with Crippen molar-refractivity contribution >= 4 is 12.0 Å². The van der Waals surface area contributed by atoms with Gasteiger partial charge < -0.3 is 20.5 Å². The monoisotopic (exact) mass is 256 g/mol. The van der Waals surface area contributed by atoms with E-state index in [0.717, 1.165) is 19.3 Å². The molecule has 2 aliphatic rings. The first-order chi connectivity index (χ1) is 8.60. The fourth-order valence-electron chi connectivity index (χ4n) is 2.63. The highest BCUT2D eigenvalue weighted by Crippen LogP contribution is 2.34. The molecule has 2 bridgehead atoms. The molecule has 0 aliphatic carbocycles. The molecule has 3 N–H and O–H groups in total. The van der Waals surface area contributed by atoms with Crippen LogP contribution in [0.1, 0.15) is 32.6 Å². The average Bonchev–Trinajstić information content (AvgIpc) is 2.91. The number of fused-ring (bicyclic) bond motifs is 2. The van der Waals surface area contributed by atoms with Crippen LogP contribution in [-0.4, -0.2) is 41.9 Å². The summed E-state index contributed by atoms with van der Waals surface area (Å²) in [4.78, 5) is 22.4. The Balaban J connectivity index is 1.71. The van der Waals surface area contributed by atoms with E-state index in [2.05, 4.69) is 10.6 Å². The second-order valence-corrected chi connectivity index (χ2v) is 5.01. The van der Waals surface area contributed by atoms with Gasteiger partial charge in [-0.15, -0.1) is 0 Å². The second-order valence-electron chi connectivity index (χ2n) is 5.01. The van der Waals surface area contributed by atoms with Gasteiger partial charge in [0.1, 0.15) is 0 Å². The van der Waals surface area contributed by atoms with Gasteiger partial charge in [-0.05, 0) is 25.7 Å². The lowest BCUT2D eigenvalue weighted by Gasteiger charge is -2.20. The van der Waals surface area contributed by atoms with Crippen LogP contribution in [0.4, 0.5) is 4.79 Å². The minimum Gasteiger partial charge on any atom is -0.481 e. The zero-order valence-electron chi connectivity index (χ0n) is 10.5. The summed E-state index contributed by atoms with van der Waals surface area (Å²) in [6.07, 6.45) is 3.90. The smallest absolute Gasteiger partial charge is 0.315 e. The number of ether oxygens (including phenoxy) is 1. The molecule has 2 saturated heterocycles. The van der Waals surface area contributed by atoms with Crippen molar-refractivity contribution in [2.24, 2.45) is 5.92 Å². The van der Waals surface area contributed by atoms with Crippen molar-refractivity contribution in [2.45, 2.75) is 50.9 Å². The maximum Gasteiger partial charge on any atom is 0.315 e. The predicted molar refractivity (Wildman–Crippen MR) is 64.3 cm³/mol. The number of carboxylic acids is 1. The van der Waals surface area contributed by atoms with Crippen LogP contribution in [0.2, 0.25) is 0 Å². The summed E-state index contributed by atoms with van der Waals surface area (Å²) in [5.74, 6) is -1.40. The Morgan fingerprint density at radius 3 is 2.72 bits per heavy atom. The fraction of sp³-hybridized carbons (Fsp3) is 0.833. The number of rotatable bonds is 5. The van der Waals surface area contributed by atoms with E-state index in [0.29, 0.717) is 12.5 Å². The van der Waals surface area contributed by atoms with Gasteiger partial charge in [0.25, 0.3) is 0 Å². The van der Waals surface area contributed by atoms with Crippen LogP contribution in [-0.2, 0) is 9.53 Å². The summed E-state index contributed by atoms with van der Waals surface area (Å²) in [5.41, 5.74) is 0. The molecule has 6 nitrogen and oxygen atoms in total. The lowest BCUT2D eigenvalue weighted by molar-refractivity contribution is -0.141. The molecule has 18 heavy (non-hydrogen) atoms. The molecule has 102 valence electrons. The largest absolute Gasteiger partial charge is 0.481 e. The van der Waals surface area contributed by atoms with E-state index in [1.807, 2.05) is 0 Å². The second kappa shape index (κ2) is 5.56. The average molecular weight is 256 g/mol. The van der Waals surface area contributed by atoms with Crippen LogP contribution in [0.25, 0.3) is 0 Å². The number of carbonyl (C=O) groups excluding carboxylic acids is 1. The molecule has 0 aromatic heterocycles. The van der Waals surface area contributed by atoms with E-state index in [1.54, 1.807) is 6.92 Å². The first kappa shape index (κ1) is 13.1. The highest BCUT2D eigenvalue weighted by atomic mass is 16.5. The van der Waals surface area contributed by atoms with Gasteiger partial charge in [0, 0.05) is 6.54 Å². The van der Waals surface area contributed by atoms with Crippen LogP contribution in [0, 0.1) is 5.92 Å². The highest BCUT2D eigenvalue weighted by molar-refractivity contribution is 5.76. The molecule has 0 spiro atoms. The zero-order valence-corrected chi connectivity index (χ0v) is 10.5. The Hall–Kier alpha value is -1.30. The third-order valence-electron chi connectivity index (χ3n) is 3.77. The topological polar surface area (TPSA) is 87.7 Å². The molecule has 4 unspecified atom stereocenters. The van der Waals surface area contributed by atoms with Crippen LogP contribution in [0.5, 0.6) is 0 Å². The summed E-state index contributed by atoms with van der Waals surface area (Å²) in [5, 5.41) is 14.3. The number of hydrogen-bond acceptors (Lipinski definition) is 3. The number of carbonyl (C=O) groups is 2. The zero-order chi connectivity index (χ0) is 13.1. The predicted octanol–water partition coefficient (Wildman–Crippen LogP) is 0.716. The van der Waals surface area contributed by atoms with Crippen LogP contribution in [0.3, 0.4) is 0 Å². The van der Waals surface area contributed by atoms with Crippen molar-refractivity contribution in [1.82, 2.24) is 10.6 Å². The molecule has 2 fully saturated rings. The Labute approximate surface area is 106 Å². The Kier molecular flexibility index (Phi) is 4.06. The van der Waals surface area contributed by atoms with E-state index < -0.39 is 11.9 Å². The van der Waals surface area contributed by atoms with Crippen molar-refractivity contribution in [1.29, 1.82) is 0 Å². The molecule has 2 rings (SSSR count). The minimum absolute atomic E-state index is 0.0775. The van der Waals surface area contributed by atoms with Gasteiger partial charge in [0.05, 0.1) is 24.2 Å². The first-order valence-corrected chi connectivity index (χ1v) is 6.52. The summed E-state index contributed by atoms with van der Waals surface area (Å²) in [7, 11) is 0. The summed E-state index contributed by atoms with van der Waals surface area (Å²) in [6.45, 7) is 1.96. The third kappa shape index (κ3) is 2.93. The Bertz CT molecular complexity index is 334. The molecule has 2 amide bonds. The quantitative estimate of drug-likeness (QED) is 0.676. The number of aliphatic carboxylic acids is 1. The molecule has 0 aromatic carbocycles. The number of amides is 2. The lowest BCUT2D eigenvalue weighted by Crippen LogP contribution is -2.47. The minimum atomic E-state index is -0.874. The van der Waals surface area contributed by atoms with Gasteiger partial charge in [-0.3, -0.25) is 4.79 Å². The van der Waals surface area contributed by atoms with Gasteiger partial charge in [-0.25, -0.2) is 4.79 Å². The molecular weight excluding hydrogens is 236 g/mol. The maximum absolute atomic E-state index is 11.6. The van der Waals surface area contributed by atoms with Gasteiger partial charge in [-0.1, -0.05) is 6.92 Å². The van der Waals surface area contributed by atoms with Crippen molar-refractivity contribution in [3.63, 3.8) is 0 Å².